The van der Waals surface area contributed by atoms with Crippen molar-refractivity contribution in [1.29, 1.82) is 0 Å². The number of carbonyl (C=O) groups excluding carboxylic acids is 1. The average Bonchev–Trinajstić information content (AvgIpc) is 2.72. The molecular formula is C13H23N3O2S. The summed E-state index contributed by atoms with van der Waals surface area (Å²) in [6.07, 6.45) is 3.52. The fraction of sp³-hybridized carbons (Fsp3) is 0.692. The molecular weight excluding hydrogens is 262 g/mol. The van der Waals surface area contributed by atoms with Gasteiger partial charge in [0.2, 0.25) is 0 Å². The number of aliphatic hydroxyl groups excluding tert-OH is 1. The summed E-state index contributed by atoms with van der Waals surface area (Å²) in [5.41, 5.74) is 1.46. The van der Waals surface area contributed by atoms with Gasteiger partial charge in [-0.25, -0.2) is 0 Å². The van der Waals surface area contributed by atoms with Crippen LogP contribution in [0, 0.1) is 6.92 Å². The minimum atomic E-state index is -0.135. The van der Waals surface area contributed by atoms with Crippen molar-refractivity contribution < 1.29 is 9.90 Å². The maximum atomic E-state index is 12.2. The van der Waals surface area contributed by atoms with E-state index in [9.17, 15) is 9.90 Å². The quantitative estimate of drug-likeness (QED) is 0.833. The van der Waals surface area contributed by atoms with E-state index in [0.29, 0.717) is 5.56 Å². The Hall–Kier alpha value is -1.01. The Morgan fingerprint density at radius 1 is 1.53 bits per heavy atom. The summed E-state index contributed by atoms with van der Waals surface area (Å²) < 4.78 is 1.83. The molecule has 0 saturated heterocycles. The number of amides is 1. The molecule has 2 N–H and O–H groups in total. The summed E-state index contributed by atoms with van der Waals surface area (Å²) >= 11 is 1.54. The van der Waals surface area contributed by atoms with Crippen LogP contribution in [-0.4, -0.2) is 44.9 Å². The number of nitrogens with one attached hydrogen (secondary N) is 1. The fourth-order valence-corrected chi connectivity index (χ4v) is 2.61. The number of thioether (sulfide) groups is 1. The van der Waals surface area contributed by atoms with Crippen LogP contribution >= 0.6 is 11.8 Å². The highest BCUT2D eigenvalue weighted by molar-refractivity contribution is 7.99. The lowest BCUT2D eigenvalue weighted by Crippen LogP contribution is -2.41. The van der Waals surface area contributed by atoms with Crippen molar-refractivity contribution in [2.45, 2.75) is 45.0 Å². The molecule has 1 aromatic heterocycles. The van der Waals surface area contributed by atoms with Crippen LogP contribution in [0.3, 0.4) is 0 Å². The van der Waals surface area contributed by atoms with Crippen molar-refractivity contribution in [3.63, 3.8) is 0 Å². The third kappa shape index (κ3) is 3.73. The molecule has 2 atom stereocenters. The number of carbonyl (C=O) groups is 1. The van der Waals surface area contributed by atoms with E-state index in [4.69, 9.17) is 0 Å². The van der Waals surface area contributed by atoms with Gasteiger partial charge in [-0.05, 0) is 34.0 Å². The number of aromatic nitrogens is 2. The van der Waals surface area contributed by atoms with Gasteiger partial charge >= 0.3 is 0 Å². The second-order valence-corrected chi connectivity index (χ2v) is 5.98. The van der Waals surface area contributed by atoms with E-state index in [1.54, 1.807) is 18.0 Å². The Bertz CT molecular complexity index is 428. The number of nitrogens with zero attached hydrogens (tertiary/aromatic N) is 2. The molecule has 6 heteroatoms. The lowest BCUT2D eigenvalue weighted by molar-refractivity contribution is 0.0935. The molecule has 0 radical (unpaired) electrons. The molecule has 0 aliphatic rings. The summed E-state index contributed by atoms with van der Waals surface area (Å²) in [5, 5.41) is 16.4. The summed E-state index contributed by atoms with van der Waals surface area (Å²) in [7, 11) is 0. The molecule has 0 fully saturated rings. The predicted molar refractivity (Wildman–Crippen MR) is 78.7 cm³/mol. The van der Waals surface area contributed by atoms with Crippen LogP contribution in [0.1, 0.15) is 42.9 Å². The molecule has 0 saturated carbocycles. The first kappa shape index (κ1) is 16.0. The third-order valence-electron chi connectivity index (χ3n) is 3.18. The van der Waals surface area contributed by atoms with Gasteiger partial charge in [0.05, 0.1) is 18.4 Å². The van der Waals surface area contributed by atoms with Crippen LogP contribution in [0.5, 0.6) is 0 Å². The second kappa shape index (κ2) is 6.96. The minimum Gasteiger partial charge on any atom is -0.395 e. The highest BCUT2D eigenvalue weighted by Gasteiger charge is 2.21. The van der Waals surface area contributed by atoms with Crippen LogP contribution in [-0.2, 0) is 0 Å². The zero-order valence-electron chi connectivity index (χ0n) is 12.2. The largest absolute Gasteiger partial charge is 0.395 e. The Kier molecular flexibility index (Phi) is 5.87. The number of hydrogen-bond donors (Lipinski definition) is 2. The normalized spacial score (nSPS) is 14.5. The summed E-state index contributed by atoms with van der Waals surface area (Å²) in [5.74, 6) is -0.135. The fourth-order valence-electron chi connectivity index (χ4n) is 1.98. The van der Waals surface area contributed by atoms with Gasteiger partial charge in [0, 0.05) is 23.0 Å². The summed E-state index contributed by atoms with van der Waals surface area (Å²) in [6, 6.07) is 0.143. The second-order valence-electron chi connectivity index (χ2n) is 4.90. The third-order valence-corrected chi connectivity index (χ3v) is 4.34. The van der Waals surface area contributed by atoms with Crippen LogP contribution in [0.4, 0.5) is 0 Å². The Labute approximate surface area is 118 Å². The topological polar surface area (TPSA) is 67.2 Å². The molecule has 0 bridgehead atoms. The van der Waals surface area contributed by atoms with Crippen molar-refractivity contribution in [1.82, 2.24) is 15.1 Å². The molecule has 1 amide bonds. The highest BCUT2D eigenvalue weighted by Crippen LogP contribution is 2.14. The average molecular weight is 285 g/mol. The standard InChI is InChI=1S/C13H23N3O2S/c1-8(2)16-10(4)11(6-14-16)13(18)15-9(3)12(7-17)19-5/h6,8-9,12,17H,7H2,1-5H3,(H,15,18). The van der Waals surface area contributed by atoms with E-state index in [1.807, 2.05) is 38.6 Å². The summed E-state index contributed by atoms with van der Waals surface area (Å²) in [6.45, 7) is 7.90. The van der Waals surface area contributed by atoms with Gasteiger partial charge in [-0.15, -0.1) is 0 Å². The molecule has 1 rings (SSSR count). The number of rotatable bonds is 6. The molecule has 1 heterocycles. The van der Waals surface area contributed by atoms with Crippen molar-refractivity contribution in [2.24, 2.45) is 0 Å². The van der Waals surface area contributed by atoms with E-state index < -0.39 is 0 Å². The van der Waals surface area contributed by atoms with E-state index in [1.165, 1.54) is 0 Å². The molecule has 0 spiro atoms. The van der Waals surface area contributed by atoms with Gasteiger partial charge in [0.1, 0.15) is 0 Å². The van der Waals surface area contributed by atoms with Crippen molar-refractivity contribution >= 4 is 17.7 Å². The first-order valence-corrected chi connectivity index (χ1v) is 7.69. The van der Waals surface area contributed by atoms with E-state index >= 15 is 0 Å². The van der Waals surface area contributed by atoms with E-state index in [2.05, 4.69) is 10.4 Å². The molecule has 19 heavy (non-hydrogen) atoms. The smallest absolute Gasteiger partial charge is 0.254 e. The van der Waals surface area contributed by atoms with Crippen molar-refractivity contribution in [2.75, 3.05) is 12.9 Å². The predicted octanol–water partition coefficient (Wildman–Crippen LogP) is 1.61. The number of aliphatic hydroxyl groups is 1. The first-order valence-electron chi connectivity index (χ1n) is 6.41. The molecule has 108 valence electrons. The SMILES string of the molecule is CSC(CO)C(C)NC(=O)c1cnn(C(C)C)c1C. The molecule has 5 nitrogen and oxygen atoms in total. The first-order chi connectivity index (χ1) is 8.92. The van der Waals surface area contributed by atoms with Crippen molar-refractivity contribution in [3.8, 4) is 0 Å². The van der Waals surface area contributed by atoms with E-state index in [-0.39, 0.29) is 29.8 Å². The van der Waals surface area contributed by atoms with Crippen LogP contribution in [0.15, 0.2) is 6.20 Å². The molecule has 0 aromatic carbocycles. The Morgan fingerprint density at radius 2 is 2.16 bits per heavy atom. The van der Waals surface area contributed by atoms with Gasteiger partial charge in [0.15, 0.2) is 0 Å². The Balaban J connectivity index is 2.79. The van der Waals surface area contributed by atoms with Crippen LogP contribution < -0.4 is 5.32 Å². The lowest BCUT2D eigenvalue weighted by Gasteiger charge is -2.21. The zero-order chi connectivity index (χ0) is 14.6. The summed E-state index contributed by atoms with van der Waals surface area (Å²) in [4.78, 5) is 12.2. The maximum absolute atomic E-state index is 12.2. The van der Waals surface area contributed by atoms with Crippen LogP contribution in [0.2, 0.25) is 0 Å². The molecule has 0 aliphatic heterocycles. The number of hydrogen-bond acceptors (Lipinski definition) is 4. The van der Waals surface area contributed by atoms with Crippen LogP contribution in [0.25, 0.3) is 0 Å². The zero-order valence-corrected chi connectivity index (χ0v) is 13.0. The Morgan fingerprint density at radius 3 is 2.58 bits per heavy atom. The van der Waals surface area contributed by atoms with E-state index in [0.717, 1.165) is 5.69 Å². The van der Waals surface area contributed by atoms with Gasteiger partial charge in [-0.1, -0.05) is 0 Å². The van der Waals surface area contributed by atoms with Gasteiger partial charge in [0.25, 0.3) is 5.91 Å². The molecule has 2 unspecified atom stereocenters. The van der Waals surface area contributed by atoms with Gasteiger partial charge < -0.3 is 10.4 Å². The molecule has 1 aromatic rings. The minimum absolute atomic E-state index is 0.00407. The van der Waals surface area contributed by atoms with Crippen molar-refractivity contribution in [3.05, 3.63) is 17.5 Å². The highest BCUT2D eigenvalue weighted by atomic mass is 32.2. The van der Waals surface area contributed by atoms with Gasteiger partial charge in [-0.3, -0.25) is 9.48 Å². The monoisotopic (exact) mass is 285 g/mol. The lowest BCUT2D eigenvalue weighted by atomic mass is 10.2. The molecule has 0 aliphatic carbocycles. The van der Waals surface area contributed by atoms with Gasteiger partial charge in [-0.2, -0.15) is 16.9 Å². The maximum Gasteiger partial charge on any atom is 0.254 e.